The molecule has 1 aliphatic carbocycles. The number of ether oxygens (including phenoxy) is 4. The maximum Gasteiger partial charge on any atom is 0.486 e. The van der Waals surface area contributed by atoms with Crippen LogP contribution >= 0.6 is 24.0 Å². The molecule has 0 radical (unpaired) electrons. The molecule has 6 atom stereocenters. The van der Waals surface area contributed by atoms with Gasteiger partial charge in [-0.15, -0.1) is 0 Å². The summed E-state index contributed by atoms with van der Waals surface area (Å²) in [6, 6.07) is 6.74. The van der Waals surface area contributed by atoms with Crippen LogP contribution in [0.3, 0.4) is 0 Å². The first-order valence-electron chi connectivity index (χ1n) is 16.8. The number of phosphoric acid groups is 2. The van der Waals surface area contributed by atoms with Crippen LogP contribution in [0.2, 0.25) is 0 Å². The van der Waals surface area contributed by atoms with Crippen molar-refractivity contribution >= 4 is 35.8 Å². The molecule has 0 bridgehead atoms. The van der Waals surface area contributed by atoms with Gasteiger partial charge in [-0.3, -0.25) is 28.5 Å². The lowest BCUT2D eigenvalue weighted by molar-refractivity contribution is -0.126. The van der Waals surface area contributed by atoms with Crippen molar-refractivity contribution in [2.24, 2.45) is 5.11 Å². The Hall–Kier alpha value is -3.96. The highest BCUT2D eigenvalue weighted by Crippen LogP contribution is 2.64. The lowest BCUT2D eigenvalue weighted by atomic mass is 9.93. The lowest BCUT2D eigenvalue weighted by Crippen LogP contribution is -2.39. The Morgan fingerprint density at radius 1 is 1.20 bits per heavy atom. The van der Waals surface area contributed by atoms with E-state index in [9.17, 15) is 38.1 Å². The van der Waals surface area contributed by atoms with E-state index in [4.69, 9.17) is 33.9 Å². The Balaban J connectivity index is 1.15. The van der Waals surface area contributed by atoms with Crippen LogP contribution in [0.15, 0.2) is 45.2 Å². The summed E-state index contributed by atoms with van der Waals surface area (Å²) in [7, 11) is -12.6. The molecule has 1 aromatic carbocycles. The van der Waals surface area contributed by atoms with Crippen LogP contribution in [-0.2, 0) is 41.3 Å². The zero-order valence-electron chi connectivity index (χ0n) is 29.8. The molecule has 56 heavy (non-hydrogen) atoms. The molecule has 1 saturated heterocycles. The lowest BCUT2D eigenvalue weighted by Gasteiger charge is -2.26. The summed E-state index contributed by atoms with van der Waals surface area (Å²) in [4.78, 5) is 82.5. The van der Waals surface area contributed by atoms with E-state index in [1.54, 1.807) is 24.3 Å². The zero-order valence-corrected chi connectivity index (χ0v) is 32.4. The van der Waals surface area contributed by atoms with Gasteiger partial charge in [0.1, 0.15) is 30.8 Å². The highest BCUT2D eigenvalue weighted by Gasteiger charge is 2.38. The third-order valence-corrected chi connectivity index (χ3v) is 11.6. The third kappa shape index (κ3) is 15.2. The van der Waals surface area contributed by atoms with Crippen LogP contribution in [0, 0.1) is 11.8 Å². The number of H-pyrrole nitrogens is 1. The summed E-state index contributed by atoms with van der Waals surface area (Å²) < 4.78 is 59.9. The minimum atomic E-state index is -5.12. The summed E-state index contributed by atoms with van der Waals surface area (Å²) in [6.07, 6.45) is 1.72. The van der Waals surface area contributed by atoms with Gasteiger partial charge >= 0.3 is 21.3 Å². The third-order valence-electron chi connectivity index (χ3n) is 7.69. The van der Waals surface area contributed by atoms with Gasteiger partial charge in [0.25, 0.3) is 11.5 Å². The van der Waals surface area contributed by atoms with E-state index in [2.05, 4.69) is 46.1 Å². The number of benzene rings is 1. The van der Waals surface area contributed by atoms with E-state index in [0.717, 1.165) is 36.7 Å². The number of phosphoric ester groups is 1. The fourth-order valence-electron chi connectivity index (χ4n) is 4.93. The molecule has 1 saturated carbocycles. The zero-order chi connectivity index (χ0) is 40.7. The van der Waals surface area contributed by atoms with Crippen molar-refractivity contribution in [3.8, 4) is 17.6 Å². The SMILES string of the molecule is CP(O)OP(=O)(O)OP(=O)(O)OC[C@@H]1CC[C@H](n2cc(C#CCNC(=O)COCCOC(COc3cccc(C(=O)NC4CCC4)c3)N=[N+]=[N-])c(=O)[nH]c2=O)O1. The molecular weight excluding hydrogens is 807 g/mol. The summed E-state index contributed by atoms with van der Waals surface area (Å²) in [5.41, 5.74) is 7.56. The highest BCUT2D eigenvalue weighted by molar-refractivity contribution is 7.66. The van der Waals surface area contributed by atoms with E-state index in [0.29, 0.717) is 11.3 Å². The number of amides is 2. The number of azide groups is 1. The van der Waals surface area contributed by atoms with Crippen molar-refractivity contribution < 1.29 is 65.5 Å². The molecule has 4 rings (SSSR count). The second-order valence-electron chi connectivity index (χ2n) is 12.0. The predicted molar refractivity (Wildman–Crippen MR) is 194 cm³/mol. The maximum absolute atomic E-state index is 12.5. The summed E-state index contributed by atoms with van der Waals surface area (Å²) in [5, 5.41) is 8.96. The number of rotatable bonds is 21. The van der Waals surface area contributed by atoms with E-state index in [-0.39, 0.29) is 63.3 Å². The van der Waals surface area contributed by atoms with Crippen molar-refractivity contribution in [1.29, 1.82) is 0 Å². The number of hydrogen-bond donors (Lipinski definition) is 6. The first-order chi connectivity index (χ1) is 26.6. The Labute approximate surface area is 319 Å². The summed E-state index contributed by atoms with van der Waals surface area (Å²) >= 11 is 0. The van der Waals surface area contributed by atoms with Crippen LogP contribution in [0.5, 0.6) is 5.75 Å². The second-order valence-corrected chi connectivity index (χ2v) is 16.3. The molecule has 4 unspecified atom stereocenters. The van der Waals surface area contributed by atoms with Crippen molar-refractivity contribution in [2.75, 3.05) is 46.2 Å². The smallest absolute Gasteiger partial charge is 0.486 e. The Bertz CT molecular complexity index is 2010. The van der Waals surface area contributed by atoms with Gasteiger partial charge in [0.2, 0.25) is 5.91 Å². The molecule has 2 aromatic rings. The van der Waals surface area contributed by atoms with Gasteiger partial charge in [0.05, 0.1) is 32.5 Å². The largest absolute Gasteiger partial charge is 0.491 e. The van der Waals surface area contributed by atoms with E-state index in [1.807, 2.05) is 0 Å². The number of hydrogen-bond acceptors (Lipinski definition) is 15. The van der Waals surface area contributed by atoms with Crippen LogP contribution in [0.1, 0.15) is 54.3 Å². The first-order valence-corrected chi connectivity index (χ1v) is 21.5. The van der Waals surface area contributed by atoms with Gasteiger partial charge in [-0.2, -0.15) is 4.31 Å². The number of carbonyl (C=O) groups excluding carboxylic acids is 2. The number of aromatic nitrogens is 2. The minimum Gasteiger partial charge on any atom is -0.491 e. The molecule has 1 aromatic heterocycles. The molecule has 2 amide bonds. The van der Waals surface area contributed by atoms with Crippen molar-refractivity contribution in [1.82, 2.24) is 20.2 Å². The van der Waals surface area contributed by atoms with E-state index in [1.165, 1.54) is 0 Å². The quantitative estimate of drug-likeness (QED) is 0.0261. The van der Waals surface area contributed by atoms with Gasteiger partial charge in [-0.1, -0.05) is 23.0 Å². The number of aromatic amines is 1. The molecule has 23 nitrogen and oxygen atoms in total. The Morgan fingerprint density at radius 2 is 1.98 bits per heavy atom. The maximum atomic E-state index is 12.5. The van der Waals surface area contributed by atoms with E-state index >= 15 is 0 Å². The minimum absolute atomic E-state index is 0.0438. The van der Waals surface area contributed by atoms with Gasteiger partial charge in [0.15, 0.2) is 14.6 Å². The summed E-state index contributed by atoms with van der Waals surface area (Å²) in [5.74, 6) is 4.77. The normalized spacial score (nSPS) is 19.8. The van der Waals surface area contributed by atoms with Crippen molar-refractivity contribution in [2.45, 2.75) is 56.7 Å². The molecule has 6 N–H and O–H groups in total. The molecule has 2 heterocycles. The molecule has 1 aliphatic heterocycles. The summed E-state index contributed by atoms with van der Waals surface area (Å²) in [6.45, 7) is -0.349. The Kier molecular flexibility index (Phi) is 17.2. The molecular formula is C30H40N7O16P3. The topological polar surface area (TPSA) is 321 Å². The van der Waals surface area contributed by atoms with Crippen LogP contribution < -0.4 is 26.6 Å². The number of nitrogens with one attached hydrogen (secondary N) is 3. The van der Waals surface area contributed by atoms with Gasteiger partial charge < -0.3 is 44.3 Å². The van der Waals surface area contributed by atoms with Gasteiger partial charge in [-0.25, -0.2) is 18.2 Å². The monoisotopic (exact) mass is 847 g/mol. The average molecular weight is 848 g/mol. The number of carbonyl (C=O) groups is 2. The molecule has 0 spiro atoms. The van der Waals surface area contributed by atoms with Crippen LogP contribution in [0.4, 0.5) is 0 Å². The van der Waals surface area contributed by atoms with Crippen molar-refractivity contribution in [3.05, 3.63) is 72.9 Å². The second kappa shape index (κ2) is 21.5. The predicted octanol–water partition coefficient (Wildman–Crippen LogP) is 1.90. The highest BCUT2D eigenvalue weighted by atomic mass is 31.3. The average Bonchev–Trinajstić information content (AvgIpc) is 3.58. The molecule has 2 aliphatic rings. The fraction of sp³-hybridized carbons (Fsp3) is 0.533. The standard InChI is InChI=1S/C30H40N7O16P3/c1-54(42)52-56(45,46)53-55(43,44)50-17-24-10-11-27(51-24)37-16-21(29(40)34-30(37)41)6-4-12-32-25(38)18-47-13-14-48-26(35-36-31)19-49-23-9-2-5-20(15-23)28(39)33-22-7-3-8-22/h2,5,9,15-16,22,24,26-27,42H,3,7-8,10-14,17-19H2,1H3,(H,32,38)(H,33,39)(H,43,44)(H,45,46)(H,34,40,41)/t24-,26?,27+,54?/m0/s1. The number of nitrogens with zero attached hydrogens (tertiary/aromatic N) is 4. The molecule has 306 valence electrons. The molecule has 26 heteroatoms. The van der Waals surface area contributed by atoms with Crippen molar-refractivity contribution in [3.63, 3.8) is 0 Å². The van der Waals surface area contributed by atoms with E-state index < -0.39 is 66.3 Å². The fourth-order valence-corrected chi connectivity index (χ4v) is 8.10. The van der Waals surface area contributed by atoms with Gasteiger partial charge in [0, 0.05) is 29.4 Å². The van der Waals surface area contributed by atoms with Crippen LogP contribution in [0.25, 0.3) is 10.4 Å². The van der Waals surface area contributed by atoms with Crippen LogP contribution in [-0.4, -0.2) is 101 Å². The molecule has 2 fully saturated rings. The van der Waals surface area contributed by atoms with Gasteiger partial charge in [-0.05, 0) is 55.8 Å². The Morgan fingerprint density at radius 3 is 2.70 bits per heavy atom. The first kappa shape index (κ1) is 44.8.